The van der Waals surface area contributed by atoms with E-state index >= 15 is 0 Å². The molecule has 10 heteroatoms. The Morgan fingerprint density at radius 2 is 1.39 bits per heavy atom. The molecule has 0 bridgehead atoms. The Morgan fingerprint density at radius 1 is 0.818 bits per heavy atom. The van der Waals surface area contributed by atoms with E-state index in [1.165, 1.54) is 19.1 Å². The number of ether oxygens (including phenoxy) is 2. The van der Waals surface area contributed by atoms with Gasteiger partial charge in [-0.25, -0.2) is 9.59 Å². The van der Waals surface area contributed by atoms with Crippen LogP contribution in [0.1, 0.15) is 39.7 Å². The Kier molecular flexibility index (Phi) is 12.7. The van der Waals surface area contributed by atoms with Crippen molar-refractivity contribution in [1.82, 2.24) is 5.32 Å². The van der Waals surface area contributed by atoms with Gasteiger partial charge in [-0.3, -0.25) is 14.3 Å². The van der Waals surface area contributed by atoms with E-state index in [4.69, 9.17) is 14.0 Å². The maximum atomic E-state index is 14.3. The van der Waals surface area contributed by atoms with Crippen molar-refractivity contribution in [2.75, 3.05) is 25.3 Å². The van der Waals surface area contributed by atoms with Gasteiger partial charge >= 0.3 is 12.1 Å². The van der Waals surface area contributed by atoms with Gasteiger partial charge in [-0.15, -0.1) is 0 Å². The van der Waals surface area contributed by atoms with Crippen LogP contribution in [0, 0.1) is 11.8 Å². The van der Waals surface area contributed by atoms with Crippen molar-refractivity contribution in [3.63, 3.8) is 0 Å². The first-order valence-electron chi connectivity index (χ1n) is 14.7. The third-order valence-electron chi connectivity index (χ3n) is 7.44. The van der Waals surface area contributed by atoms with Gasteiger partial charge in [0.25, 0.3) is 0 Å². The number of carbonyl (C=O) groups is 3. The average Bonchev–Trinajstić information content (AvgIpc) is 3.03. The Labute approximate surface area is 260 Å². The molecule has 44 heavy (non-hydrogen) atoms. The van der Waals surface area contributed by atoms with Gasteiger partial charge in [0.1, 0.15) is 18.4 Å². The number of hydrogen-bond donors (Lipinski definition) is 1. The highest BCUT2D eigenvalue weighted by molar-refractivity contribution is 7.59. The van der Waals surface area contributed by atoms with Crippen molar-refractivity contribution >= 4 is 31.0 Å². The molecule has 0 saturated carbocycles. The van der Waals surface area contributed by atoms with Gasteiger partial charge in [0.05, 0.1) is 7.11 Å². The van der Waals surface area contributed by atoms with E-state index in [0.29, 0.717) is 12.1 Å². The third kappa shape index (κ3) is 9.28. The molecule has 4 atom stereocenters. The largest absolute Gasteiger partial charge is 0.467 e. The fourth-order valence-electron chi connectivity index (χ4n) is 5.01. The standard InChI is InChI=1S/C34H43N2O7P/c1-24(2)21-30(23-44(40,42-6)26(4)35-34(39)43-22-27-13-9-7-10-14-27)32(37)36(25(3)33(38)41-5)31-19-17-29(18-20-31)28-15-11-8-12-16-28/h7-20,24-26,30H,21-23H2,1-6H3,(H,35,39)/t25-,26?,30?,44?/m0/s1. The SMILES string of the molecule is COC(=O)[C@H](C)N(C(=O)C(CC(C)C)CP(=O)(OC)C(C)NC(=O)OCc1ccccc1)c1ccc(-c2ccccc2)cc1. The summed E-state index contributed by atoms with van der Waals surface area (Å²) >= 11 is 0. The highest BCUT2D eigenvalue weighted by atomic mass is 31.2. The number of amides is 2. The van der Waals surface area contributed by atoms with Crippen LogP contribution in [0.4, 0.5) is 10.5 Å². The summed E-state index contributed by atoms with van der Waals surface area (Å²) in [5, 5.41) is 2.62. The second-order valence-electron chi connectivity index (χ2n) is 11.1. The molecule has 3 rings (SSSR count). The number of methoxy groups -OCH3 is 1. The van der Waals surface area contributed by atoms with Crippen molar-refractivity contribution in [2.24, 2.45) is 11.8 Å². The van der Waals surface area contributed by atoms with Crippen LogP contribution < -0.4 is 10.2 Å². The van der Waals surface area contributed by atoms with E-state index in [0.717, 1.165) is 16.7 Å². The van der Waals surface area contributed by atoms with E-state index in [1.807, 2.05) is 86.6 Å². The number of anilines is 1. The summed E-state index contributed by atoms with van der Waals surface area (Å²) in [6, 6.07) is 25.4. The monoisotopic (exact) mass is 622 g/mol. The van der Waals surface area contributed by atoms with Crippen LogP contribution in [-0.2, 0) is 34.8 Å². The number of hydrogen-bond acceptors (Lipinski definition) is 7. The molecule has 0 aromatic heterocycles. The van der Waals surface area contributed by atoms with Crippen molar-refractivity contribution in [3.05, 3.63) is 90.5 Å². The number of carbonyl (C=O) groups excluding carboxylic acids is 3. The first-order chi connectivity index (χ1) is 21.0. The van der Waals surface area contributed by atoms with Gasteiger partial charge in [-0.2, -0.15) is 0 Å². The quantitative estimate of drug-likeness (QED) is 0.151. The third-order valence-corrected chi connectivity index (χ3v) is 10.3. The van der Waals surface area contributed by atoms with Gasteiger partial charge in [0, 0.05) is 24.9 Å². The summed E-state index contributed by atoms with van der Waals surface area (Å²) < 4.78 is 30.0. The lowest BCUT2D eigenvalue weighted by atomic mass is 9.96. The lowest BCUT2D eigenvalue weighted by Crippen LogP contribution is -2.48. The molecule has 0 aliphatic carbocycles. The van der Waals surface area contributed by atoms with Crippen LogP contribution in [0.25, 0.3) is 11.1 Å². The molecule has 0 spiro atoms. The maximum Gasteiger partial charge on any atom is 0.408 e. The Hall–Kier alpha value is -3.94. The van der Waals surface area contributed by atoms with Crippen LogP contribution in [-0.4, -0.2) is 50.2 Å². The molecule has 0 aliphatic rings. The molecular formula is C34H43N2O7P. The molecular weight excluding hydrogens is 579 g/mol. The van der Waals surface area contributed by atoms with E-state index in [1.54, 1.807) is 26.0 Å². The predicted octanol–water partition coefficient (Wildman–Crippen LogP) is 7.11. The van der Waals surface area contributed by atoms with Gasteiger partial charge in [-0.1, -0.05) is 86.6 Å². The normalized spacial score (nSPS) is 14.5. The Bertz CT molecular complexity index is 1410. The zero-order chi connectivity index (χ0) is 32.3. The lowest BCUT2D eigenvalue weighted by Gasteiger charge is -2.34. The van der Waals surface area contributed by atoms with Crippen LogP contribution in [0.3, 0.4) is 0 Å². The summed E-state index contributed by atoms with van der Waals surface area (Å²) in [5.74, 6) is -2.63. The molecule has 3 unspecified atom stereocenters. The molecule has 1 N–H and O–H groups in total. The van der Waals surface area contributed by atoms with Crippen molar-refractivity contribution in [1.29, 1.82) is 0 Å². The number of benzene rings is 3. The molecule has 0 saturated heterocycles. The highest BCUT2D eigenvalue weighted by Gasteiger charge is 2.40. The number of esters is 1. The topological polar surface area (TPSA) is 111 Å². The Balaban J connectivity index is 1.86. The fourth-order valence-corrected chi connectivity index (χ4v) is 7.02. The van der Waals surface area contributed by atoms with E-state index in [9.17, 15) is 18.9 Å². The molecule has 9 nitrogen and oxygen atoms in total. The Morgan fingerprint density at radius 3 is 1.93 bits per heavy atom. The first-order valence-corrected chi connectivity index (χ1v) is 16.5. The van der Waals surface area contributed by atoms with Crippen molar-refractivity contribution in [3.8, 4) is 11.1 Å². The zero-order valence-corrected chi connectivity index (χ0v) is 27.2. The fraction of sp³-hybridized carbons (Fsp3) is 0.382. The first kappa shape index (κ1) is 34.5. The summed E-state index contributed by atoms with van der Waals surface area (Å²) in [5.41, 5.74) is 3.28. The molecule has 236 valence electrons. The number of alkyl carbamates (subject to hydrolysis) is 1. The van der Waals surface area contributed by atoms with Gasteiger partial charge in [-0.05, 0) is 55.0 Å². The van der Waals surface area contributed by atoms with Crippen LogP contribution in [0.5, 0.6) is 0 Å². The summed E-state index contributed by atoms with van der Waals surface area (Å²) in [6.07, 6.45) is -0.512. The molecule has 0 aliphatic heterocycles. The van der Waals surface area contributed by atoms with Gasteiger partial charge in [0.2, 0.25) is 13.3 Å². The van der Waals surface area contributed by atoms with Crippen LogP contribution in [0.2, 0.25) is 0 Å². The molecule has 3 aromatic carbocycles. The van der Waals surface area contributed by atoms with E-state index < -0.39 is 37.2 Å². The second-order valence-corrected chi connectivity index (χ2v) is 14.1. The van der Waals surface area contributed by atoms with Crippen LogP contribution in [0.15, 0.2) is 84.9 Å². The zero-order valence-electron chi connectivity index (χ0n) is 26.3. The highest BCUT2D eigenvalue weighted by Crippen LogP contribution is 2.52. The van der Waals surface area contributed by atoms with Gasteiger partial charge < -0.3 is 19.3 Å². The van der Waals surface area contributed by atoms with Crippen LogP contribution >= 0.6 is 7.37 Å². The summed E-state index contributed by atoms with van der Waals surface area (Å²) in [4.78, 5) is 41.0. The number of nitrogens with one attached hydrogen (secondary N) is 1. The average molecular weight is 623 g/mol. The minimum atomic E-state index is -3.62. The molecule has 0 fully saturated rings. The number of nitrogens with zero attached hydrogens (tertiary/aromatic N) is 1. The van der Waals surface area contributed by atoms with E-state index in [2.05, 4.69) is 5.32 Å². The molecule has 3 aromatic rings. The molecule has 0 heterocycles. The molecule has 0 radical (unpaired) electrons. The van der Waals surface area contributed by atoms with Gasteiger partial charge in [0.15, 0.2) is 0 Å². The summed E-state index contributed by atoms with van der Waals surface area (Å²) in [7, 11) is -1.04. The number of rotatable bonds is 14. The van der Waals surface area contributed by atoms with E-state index in [-0.39, 0.29) is 24.6 Å². The summed E-state index contributed by atoms with van der Waals surface area (Å²) in [6.45, 7) is 7.15. The minimum absolute atomic E-state index is 0.0502. The lowest BCUT2D eigenvalue weighted by molar-refractivity contribution is -0.143. The minimum Gasteiger partial charge on any atom is -0.467 e. The van der Waals surface area contributed by atoms with Crippen molar-refractivity contribution in [2.45, 2.75) is 52.5 Å². The smallest absolute Gasteiger partial charge is 0.408 e. The predicted molar refractivity (Wildman–Crippen MR) is 172 cm³/mol. The van der Waals surface area contributed by atoms with Crippen molar-refractivity contribution < 1.29 is 32.9 Å². The maximum absolute atomic E-state index is 14.3. The second kappa shape index (κ2) is 16.2. The molecule has 2 amide bonds.